The molecular formula is C21H24ClN3O3. The topological polar surface area (TPSA) is 61.9 Å². The molecule has 1 aliphatic heterocycles. The summed E-state index contributed by atoms with van der Waals surface area (Å²) in [4.78, 5) is 27.6. The number of anilines is 2. The van der Waals surface area contributed by atoms with Crippen LogP contribution in [0.15, 0.2) is 42.5 Å². The van der Waals surface area contributed by atoms with Crippen molar-refractivity contribution in [3.05, 3.63) is 53.1 Å². The Morgan fingerprint density at radius 2 is 1.82 bits per heavy atom. The van der Waals surface area contributed by atoms with Crippen LogP contribution in [0.25, 0.3) is 0 Å². The van der Waals surface area contributed by atoms with E-state index in [-0.39, 0.29) is 18.4 Å². The first-order valence-electron chi connectivity index (χ1n) is 9.22. The molecule has 2 aromatic carbocycles. The number of carbonyl (C=O) groups is 2. The minimum atomic E-state index is -0.248. The van der Waals surface area contributed by atoms with Gasteiger partial charge in [0.25, 0.3) is 5.91 Å². The number of ether oxygens (including phenoxy) is 1. The van der Waals surface area contributed by atoms with Gasteiger partial charge in [-0.2, -0.15) is 0 Å². The molecule has 148 valence electrons. The molecule has 2 amide bonds. The lowest BCUT2D eigenvalue weighted by Gasteiger charge is -2.36. The van der Waals surface area contributed by atoms with E-state index in [4.69, 9.17) is 16.3 Å². The molecule has 7 heteroatoms. The van der Waals surface area contributed by atoms with E-state index in [1.165, 1.54) is 0 Å². The van der Waals surface area contributed by atoms with E-state index in [9.17, 15) is 9.59 Å². The second-order valence-electron chi connectivity index (χ2n) is 6.76. The van der Waals surface area contributed by atoms with Gasteiger partial charge in [-0.15, -0.1) is 0 Å². The first-order valence-corrected chi connectivity index (χ1v) is 9.60. The molecular weight excluding hydrogens is 378 g/mol. The Morgan fingerprint density at radius 1 is 1.11 bits per heavy atom. The number of rotatable bonds is 5. The lowest BCUT2D eigenvalue weighted by molar-refractivity contribution is -0.129. The van der Waals surface area contributed by atoms with Gasteiger partial charge in [0.1, 0.15) is 5.75 Å². The fourth-order valence-electron chi connectivity index (χ4n) is 3.16. The van der Waals surface area contributed by atoms with Crippen molar-refractivity contribution in [3.63, 3.8) is 0 Å². The predicted molar refractivity (Wildman–Crippen MR) is 111 cm³/mol. The number of nitrogens with zero attached hydrogens (tertiary/aromatic N) is 2. The molecule has 0 radical (unpaired) electrons. The number of halogens is 1. The summed E-state index contributed by atoms with van der Waals surface area (Å²) in [5, 5.41) is 3.37. The number of hydrogen-bond acceptors (Lipinski definition) is 4. The number of hydrogen-bond donors (Lipinski definition) is 1. The Morgan fingerprint density at radius 3 is 2.46 bits per heavy atom. The van der Waals surface area contributed by atoms with Gasteiger partial charge in [-0.1, -0.05) is 29.8 Å². The molecule has 0 spiro atoms. The van der Waals surface area contributed by atoms with Crippen LogP contribution in [0.5, 0.6) is 5.75 Å². The maximum absolute atomic E-state index is 12.2. The molecule has 1 N–H and O–H groups in total. The highest BCUT2D eigenvalue weighted by atomic mass is 35.5. The number of benzene rings is 2. The monoisotopic (exact) mass is 401 g/mol. The molecule has 0 saturated carbocycles. The number of aryl methyl sites for hydroxylation is 1. The molecule has 0 bridgehead atoms. The van der Waals surface area contributed by atoms with E-state index in [1.54, 1.807) is 13.0 Å². The predicted octanol–water partition coefficient (Wildman–Crippen LogP) is 3.33. The summed E-state index contributed by atoms with van der Waals surface area (Å²) in [7, 11) is 0. The second kappa shape index (κ2) is 8.97. The Kier molecular flexibility index (Phi) is 6.41. The molecule has 28 heavy (non-hydrogen) atoms. The van der Waals surface area contributed by atoms with Crippen LogP contribution in [0, 0.1) is 6.92 Å². The van der Waals surface area contributed by atoms with Gasteiger partial charge in [0.15, 0.2) is 6.61 Å². The lowest BCUT2D eigenvalue weighted by Crippen LogP contribution is -2.48. The quantitative estimate of drug-likeness (QED) is 0.834. The van der Waals surface area contributed by atoms with Crippen molar-refractivity contribution >= 4 is 34.8 Å². The zero-order valence-corrected chi connectivity index (χ0v) is 16.8. The third-order valence-electron chi connectivity index (χ3n) is 4.75. The van der Waals surface area contributed by atoms with E-state index >= 15 is 0 Å². The molecule has 1 aliphatic rings. The Balaban J connectivity index is 1.56. The van der Waals surface area contributed by atoms with E-state index in [0.717, 1.165) is 24.3 Å². The molecule has 6 nitrogen and oxygen atoms in total. The maximum atomic E-state index is 12.2. The average molecular weight is 402 g/mol. The number of piperazine rings is 1. The molecule has 2 aromatic rings. The molecule has 0 aromatic heterocycles. The van der Waals surface area contributed by atoms with Crippen LogP contribution in [-0.2, 0) is 9.59 Å². The van der Waals surface area contributed by atoms with E-state index in [2.05, 4.69) is 10.2 Å². The zero-order chi connectivity index (χ0) is 20.1. The van der Waals surface area contributed by atoms with E-state index < -0.39 is 0 Å². The highest BCUT2D eigenvalue weighted by molar-refractivity contribution is 6.33. The van der Waals surface area contributed by atoms with Gasteiger partial charge in [0.2, 0.25) is 5.91 Å². The van der Waals surface area contributed by atoms with Crippen molar-refractivity contribution in [1.29, 1.82) is 0 Å². The molecule has 0 atom stereocenters. The SMILES string of the molecule is CC(=O)N1CCN(c2ccc(NC(=O)COc3ccccc3C)cc2Cl)CC1. The minimum absolute atomic E-state index is 0.0722. The lowest BCUT2D eigenvalue weighted by atomic mass is 10.2. The van der Waals surface area contributed by atoms with Crippen molar-refractivity contribution in [2.24, 2.45) is 0 Å². The van der Waals surface area contributed by atoms with Crippen molar-refractivity contribution in [2.75, 3.05) is 43.0 Å². The van der Waals surface area contributed by atoms with Crippen LogP contribution in [-0.4, -0.2) is 49.5 Å². The van der Waals surface area contributed by atoms with Gasteiger partial charge in [-0.25, -0.2) is 0 Å². The number of amides is 2. The zero-order valence-electron chi connectivity index (χ0n) is 16.1. The van der Waals surface area contributed by atoms with Crippen LogP contribution in [0.3, 0.4) is 0 Å². The van der Waals surface area contributed by atoms with E-state index in [1.807, 2.05) is 48.2 Å². The normalized spacial score (nSPS) is 14.0. The fraction of sp³-hybridized carbons (Fsp3) is 0.333. The third-order valence-corrected chi connectivity index (χ3v) is 5.05. The average Bonchev–Trinajstić information content (AvgIpc) is 2.67. The van der Waals surface area contributed by atoms with Gasteiger partial charge in [-0.05, 0) is 36.8 Å². The largest absolute Gasteiger partial charge is 0.483 e. The van der Waals surface area contributed by atoms with Gasteiger partial charge in [-0.3, -0.25) is 9.59 Å². The third kappa shape index (κ3) is 4.95. The first kappa shape index (κ1) is 20.0. The second-order valence-corrected chi connectivity index (χ2v) is 7.17. The Hall–Kier alpha value is -2.73. The molecule has 0 unspecified atom stereocenters. The number of nitrogens with one attached hydrogen (secondary N) is 1. The minimum Gasteiger partial charge on any atom is -0.483 e. The number of carbonyl (C=O) groups excluding carboxylic acids is 2. The van der Waals surface area contributed by atoms with Gasteiger partial charge >= 0.3 is 0 Å². The van der Waals surface area contributed by atoms with Gasteiger partial charge in [0.05, 0.1) is 10.7 Å². The van der Waals surface area contributed by atoms with Crippen molar-refractivity contribution in [1.82, 2.24) is 4.90 Å². The van der Waals surface area contributed by atoms with Crippen molar-refractivity contribution < 1.29 is 14.3 Å². The highest BCUT2D eigenvalue weighted by Gasteiger charge is 2.20. The first-order chi connectivity index (χ1) is 13.4. The fourth-order valence-corrected chi connectivity index (χ4v) is 3.46. The summed E-state index contributed by atoms with van der Waals surface area (Å²) in [5.74, 6) is 0.537. The van der Waals surface area contributed by atoms with Crippen LogP contribution in [0.1, 0.15) is 12.5 Å². The summed E-state index contributed by atoms with van der Waals surface area (Å²) in [6, 6.07) is 13.0. The molecule has 0 aliphatic carbocycles. The standard InChI is InChI=1S/C21H24ClN3O3/c1-15-5-3-4-6-20(15)28-14-21(27)23-17-7-8-19(18(22)13-17)25-11-9-24(10-12-25)16(2)26/h3-8,13H,9-12,14H2,1-2H3,(H,23,27). The Bertz CT molecular complexity index is 864. The Labute approximate surface area is 170 Å². The smallest absolute Gasteiger partial charge is 0.262 e. The summed E-state index contributed by atoms with van der Waals surface area (Å²) < 4.78 is 5.56. The highest BCUT2D eigenvalue weighted by Crippen LogP contribution is 2.29. The molecule has 1 fully saturated rings. The van der Waals surface area contributed by atoms with Gasteiger partial charge < -0.3 is 19.9 Å². The number of para-hydroxylation sites is 1. The summed E-state index contributed by atoms with van der Waals surface area (Å²) in [6.07, 6.45) is 0. The van der Waals surface area contributed by atoms with Crippen molar-refractivity contribution in [3.8, 4) is 5.75 Å². The van der Waals surface area contributed by atoms with Crippen molar-refractivity contribution in [2.45, 2.75) is 13.8 Å². The van der Waals surface area contributed by atoms with Crippen LogP contribution >= 0.6 is 11.6 Å². The maximum Gasteiger partial charge on any atom is 0.262 e. The van der Waals surface area contributed by atoms with E-state index in [0.29, 0.717) is 29.5 Å². The van der Waals surface area contributed by atoms with Crippen LogP contribution in [0.2, 0.25) is 5.02 Å². The summed E-state index contributed by atoms with van der Waals surface area (Å²) in [5.41, 5.74) is 2.50. The summed E-state index contributed by atoms with van der Waals surface area (Å²) >= 11 is 6.43. The molecule has 1 heterocycles. The van der Waals surface area contributed by atoms with Crippen LogP contribution in [0.4, 0.5) is 11.4 Å². The molecule has 3 rings (SSSR count). The summed E-state index contributed by atoms with van der Waals surface area (Å²) in [6.45, 7) is 6.27. The van der Waals surface area contributed by atoms with Gasteiger partial charge in [0, 0.05) is 38.8 Å². The van der Waals surface area contributed by atoms with Crippen LogP contribution < -0.4 is 15.0 Å². The molecule has 1 saturated heterocycles.